The van der Waals surface area contributed by atoms with Crippen molar-refractivity contribution in [2.45, 2.75) is 0 Å². The van der Waals surface area contributed by atoms with E-state index in [2.05, 4.69) is 4.98 Å². The molecule has 1 rings (SSSR count). The molecule has 0 atom stereocenters. The largest absolute Gasteiger partial charge is 0.491 e. The molecule has 6 nitrogen and oxygen atoms in total. The van der Waals surface area contributed by atoms with Crippen LogP contribution in [-0.4, -0.2) is 46.8 Å². The zero-order chi connectivity index (χ0) is 13.8. The van der Waals surface area contributed by atoms with Gasteiger partial charge in [0.25, 0.3) is 0 Å². The van der Waals surface area contributed by atoms with Gasteiger partial charge in [-0.25, -0.2) is 0 Å². The van der Waals surface area contributed by atoms with Gasteiger partial charge in [0.1, 0.15) is 12.4 Å². The van der Waals surface area contributed by atoms with Gasteiger partial charge in [-0.3, -0.25) is 0 Å². The third kappa shape index (κ3) is 7.36. The Hall–Kier alpha value is -1.68. The van der Waals surface area contributed by atoms with E-state index in [1.54, 1.807) is 31.4 Å². The SMILES string of the molecule is COCCOCCOCCOc1ccc([N+]#N)cc1. The fourth-order valence-corrected chi connectivity index (χ4v) is 1.29. The number of benzene rings is 1. The molecule has 0 fully saturated rings. The molecule has 6 heteroatoms. The van der Waals surface area contributed by atoms with Crippen molar-refractivity contribution < 1.29 is 18.9 Å². The average molecular weight is 267 g/mol. The lowest BCUT2D eigenvalue weighted by Gasteiger charge is -2.07. The molecule has 0 bridgehead atoms. The highest BCUT2D eigenvalue weighted by Crippen LogP contribution is 2.17. The Labute approximate surface area is 112 Å². The van der Waals surface area contributed by atoms with Gasteiger partial charge >= 0.3 is 5.69 Å². The first-order valence-electron chi connectivity index (χ1n) is 6.09. The van der Waals surface area contributed by atoms with Crippen LogP contribution in [0.25, 0.3) is 4.98 Å². The topological polar surface area (TPSA) is 65.1 Å². The van der Waals surface area contributed by atoms with Crippen LogP contribution in [0.1, 0.15) is 0 Å². The molecule has 0 aliphatic heterocycles. The second-order valence-corrected chi connectivity index (χ2v) is 3.66. The third-order valence-electron chi connectivity index (χ3n) is 2.25. The summed E-state index contributed by atoms with van der Waals surface area (Å²) in [6.45, 7) is 3.23. The molecule has 0 amide bonds. The Morgan fingerprint density at radius 2 is 1.47 bits per heavy atom. The van der Waals surface area contributed by atoms with Gasteiger partial charge < -0.3 is 18.9 Å². The highest BCUT2D eigenvalue weighted by molar-refractivity contribution is 5.46. The van der Waals surface area contributed by atoms with Crippen LogP contribution in [0.2, 0.25) is 0 Å². The molecule has 0 radical (unpaired) electrons. The molecule has 0 spiro atoms. The minimum absolute atomic E-state index is 0.466. The predicted octanol–water partition coefficient (Wildman–Crippen LogP) is 2.23. The second-order valence-electron chi connectivity index (χ2n) is 3.66. The molecule has 0 saturated heterocycles. The highest BCUT2D eigenvalue weighted by Gasteiger charge is 2.02. The third-order valence-corrected chi connectivity index (χ3v) is 2.25. The summed E-state index contributed by atoms with van der Waals surface area (Å²) in [4.78, 5) is 3.06. The van der Waals surface area contributed by atoms with Gasteiger partial charge in [-0.1, -0.05) is 0 Å². The molecule has 0 aromatic heterocycles. The van der Waals surface area contributed by atoms with Crippen LogP contribution >= 0.6 is 0 Å². The normalized spacial score (nSPS) is 10.1. The van der Waals surface area contributed by atoms with Crippen molar-refractivity contribution in [1.82, 2.24) is 0 Å². The maximum atomic E-state index is 8.52. The van der Waals surface area contributed by atoms with Crippen molar-refractivity contribution in [3.63, 3.8) is 0 Å². The Bertz CT molecular complexity index is 375. The fourth-order valence-electron chi connectivity index (χ4n) is 1.29. The van der Waals surface area contributed by atoms with Crippen LogP contribution in [0.3, 0.4) is 0 Å². The molecule has 0 aliphatic rings. The van der Waals surface area contributed by atoms with Gasteiger partial charge in [0.2, 0.25) is 5.39 Å². The molecule has 0 heterocycles. The molecule has 0 saturated carbocycles. The first-order valence-corrected chi connectivity index (χ1v) is 6.09. The van der Waals surface area contributed by atoms with Gasteiger partial charge in [-0.15, -0.1) is 0 Å². The van der Waals surface area contributed by atoms with Gasteiger partial charge in [0, 0.05) is 19.2 Å². The molecule has 1 aromatic rings. The van der Waals surface area contributed by atoms with E-state index in [4.69, 9.17) is 24.3 Å². The van der Waals surface area contributed by atoms with Crippen LogP contribution in [0.15, 0.2) is 24.3 Å². The molecular formula is C13H19N2O4+. The van der Waals surface area contributed by atoms with E-state index < -0.39 is 0 Å². The molecule has 0 N–H and O–H groups in total. The lowest BCUT2D eigenvalue weighted by atomic mass is 10.3. The van der Waals surface area contributed by atoms with Gasteiger partial charge in [0.05, 0.1) is 33.0 Å². The Balaban J connectivity index is 1.97. The van der Waals surface area contributed by atoms with Crippen LogP contribution in [-0.2, 0) is 14.2 Å². The van der Waals surface area contributed by atoms with Crippen molar-refractivity contribution in [1.29, 1.82) is 5.39 Å². The summed E-state index contributed by atoms with van der Waals surface area (Å²) in [6, 6.07) is 6.81. The summed E-state index contributed by atoms with van der Waals surface area (Å²) < 4.78 is 20.9. The molecule has 0 unspecified atom stereocenters. The average Bonchev–Trinajstić information content (AvgIpc) is 2.46. The van der Waals surface area contributed by atoms with E-state index in [0.29, 0.717) is 51.1 Å². The molecule has 104 valence electrons. The van der Waals surface area contributed by atoms with E-state index >= 15 is 0 Å². The van der Waals surface area contributed by atoms with Crippen LogP contribution < -0.4 is 4.74 Å². The van der Waals surface area contributed by atoms with Crippen molar-refractivity contribution >= 4 is 5.69 Å². The summed E-state index contributed by atoms with van der Waals surface area (Å²) in [7, 11) is 1.64. The highest BCUT2D eigenvalue weighted by atomic mass is 16.6. The maximum absolute atomic E-state index is 8.52. The maximum Gasteiger partial charge on any atom is 0.385 e. The van der Waals surface area contributed by atoms with Crippen LogP contribution in [0.5, 0.6) is 5.75 Å². The van der Waals surface area contributed by atoms with Gasteiger partial charge in [-0.2, -0.15) is 0 Å². The van der Waals surface area contributed by atoms with Crippen LogP contribution in [0.4, 0.5) is 5.69 Å². The number of nitrogens with zero attached hydrogens (tertiary/aromatic N) is 2. The fraction of sp³-hybridized carbons (Fsp3) is 0.538. The standard InChI is InChI=1S/C13H19N2O4/c1-16-6-7-17-8-9-18-10-11-19-13-4-2-12(15-14)3-5-13/h2-5H,6-11H2,1H3/q+1. The molecular weight excluding hydrogens is 248 g/mol. The van der Waals surface area contributed by atoms with Crippen molar-refractivity contribution in [3.8, 4) is 5.75 Å². The Morgan fingerprint density at radius 1 is 0.895 bits per heavy atom. The minimum Gasteiger partial charge on any atom is -0.491 e. The Morgan fingerprint density at radius 3 is 2.05 bits per heavy atom. The summed E-state index contributed by atoms with van der Waals surface area (Å²) in [6.07, 6.45) is 0. The summed E-state index contributed by atoms with van der Waals surface area (Å²) in [5.74, 6) is 0.715. The number of ether oxygens (including phenoxy) is 4. The van der Waals surface area contributed by atoms with E-state index in [1.807, 2.05) is 0 Å². The molecule has 19 heavy (non-hydrogen) atoms. The van der Waals surface area contributed by atoms with Gasteiger partial charge in [-0.05, 0) is 12.1 Å². The smallest absolute Gasteiger partial charge is 0.385 e. The van der Waals surface area contributed by atoms with Crippen molar-refractivity contribution in [2.24, 2.45) is 0 Å². The van der Waals surface area contributed by atoms with E-state index in [9.17, 15) is 0 Å². The zero-order valence-corrected chi connectivity index (χ0v) is 11.1. The van der Waals surface area contributed by atoms with E-state index in [0.717, 1.165) is 0 Å². The first kappa shape index (κ1) is 15.4. The number of diazo groups is 1. The first-order chi connectivity index (χ1) is 9.36. The Kier molecular flexibility index (Phi) is 8.31. The summed E-state index contributed by atoms with van der Waals surface area (Å²) in [5, 5.41) is 8.52. The summed E-state index contributed by atoms with van der Waals surface area (Å²) >= 11 is 0. The number of hydrogen-bond donors (Lipinski definition) is 0. The predicted molar refractivity (Wildman–Crippen MR) is 70.2 cm³/mol. The lowest BCUT2D eigenvalue weighted by molar-refractivity contribution is 0.0180. The number of rotatable bonds is 10. The summed E-state index contributed by atoms with van der Waals surface area (Å²) in [5.41, 5.74) is 0.497. The quantitative estimate of drug-likeness (QED) is 0.480. The zero-order valence-electron chi connectivity index (χ0n) is 11.1. The van der Waals surface area contributed by atoms with Crippen molar-refractivity contribution in [2.75, 3.05) is 46.8 Å². The monoisotopic (exact) mass is 267 g/mol. The van der Waals surface area contributed by atoms with E-state index in [-0.39, 0.29) is 0 Å². The van der Waals surface area contributed by atoms with E-state index in [1.165, 1.54) is 0 Å². The van der Waals surface area contributed by atoms with Gasteiger partial charge in [0.15, 0.2) is 4.98 Å². The lowest BCUT2D eigenvalue weighted by Crippen LogP contribution is -2.12. The number of methoxy groups -OCH3 is 1. The second kappa shape index (κ2) is 10.3. The molecule has 0 aliphatic carbocycles. The number of hydrogen-bond acceptors (Lipinski definition) is 5. The van der Waals surface area contributed by atoms with Crippen molar-refractivity contribution in [3.05, 3.63) is 29.2 Å². The minimum atomic E-state index is 0.466. The molecule has 1 aromatic carbocycles. The van der Waals surface area contributed by atoms with Crippen LogP contribution in [0, 0.1) is 5.39 Å².